The fourth-order valence-corrected chi connectivity index (χ4v) is 5.47. The van der Waals surface area contributed by atoms with Gasteiger partial charge in [-0.3, -0.25) is 9.69 Å². The number of amidine groups is 1. The Bertz CT molecular complexity index is 1250. The van der Waals surface area contributed by atoms with Crippen LogP contribution in [-0.2, 0) is 17.0 Å². The van der Waals surface area contributed by atoms with Gasteiger partial charge in [-0.1, -0.05) is 42.4 Å². The van der Waals surface area contributed by atoms with Crippen LogP contribution in [0.5, 0.6) is 11.5 Å². The van der Waals surface area contributed by atoms with Crippen molar-refractivity contribution in [3.63, 3.8) is 0 Å². The van der Waals surface area contributed by atoms with E-state index in [1.165, 1.54) is 11.8 Å². The van der Waals surface area contributed by atoms with E-state index in [0.29, 0.717) is 28.1 Å². The number of aliphatic imine (C=N–C) groups is 1. The number of nitrogens with zero attached hydrogens (tertiary/aromatic N) is 3. The maximum Gasteiger partial charge on any atom is 0.283 e. The van der Waals surface area contributed by atoms with E-state index in [2.05, 4.69) is 12.3 Å². The monoisotopic (exact) mass is 477 g/mol. The number of carbonyl (C=O) groups is 1. The topological polar surface area (TPSA) is 64.0 Å². The number of amides is 1. The van der Waals surface area contributed by atoms with Crippen LogP contribution in [0, 0.1) is 6.92 Å². The van der Waals surface area contributed by atoms with Crippen molar-refractivity contribution in [2.75, 3.05) is 11.7 Å². The summed E-state index contributed by atoms with van der Waals surface area (Å²) in [4.78, 5) is 24.5. The van der Waals surface area contributed by atoms with Crippen molar-refractivity contribution in [3.8, 4) is 11.5 Å². The first-order valence-corrected chi connectivity index (χ1v) is 12.6. The minimum absolute atomic E-state index is 0.149. The smallest absolute Gasteiger partial charge is 0.283 e. The Morgan fingerprint density at radius 1 is 1.15 bits per heavy atom. The van der Waals surface area contributed by atoms with E-state index in [-0.39, 0.29) is 12.7 Å². The van der Waals surface area contributed by atoms with Crippen molar-refractivity contribution in [1.82, 2.24) is 4.98 Å². The van der Waals surface area contributed by atoms with E-state index < -0.39 is 0 Å². The molecule has 5 rings (SSSR count). The van der Waals surface area contributed by atoms with Crippen LogP contribution in [0.2, 0.25) is 0 Å². The minimum atomic E-state index is -0.149. The summed E-state index contributed by atoms with van der Waals surface area (Å²) in [5.41, 5.74) is 4.18. The highest BCUT2D eigenvalue weighted by atomic mass is 32.2. The normalized spacial score (nSPS) is 16.1. The predicted octanol–water partition coefficient (Wildman–Crippen LogP) is 5.81. The summed E-state index contributed by atoms with van der Waals surface area (Å²) in [6.07, 6.45) is 3.87. The quantitative estimate of drug-likeness (QED) is 0.419. The third-order valence-corrected chi connectivity index (χ3v) is 7.16. The van der Waals surface area contributed by atoms with E-state index >= 15 is 0 Å². The van der Waals surface area contributed by atoms with Crippen LogP contribution in [0.4, 0.5) is 5.69 Å². The number of hydrogen-bond donors (Lipinski definition) is 0. The van der Waals surface area contributed by atoms with E-state index in [9.17, 15) is 4.79 Å². The summed E-state index contributed by atoms with van der Waals surface area (Å²) >= 11 is 3.22. The van der Waals surface area contributed by atoms with Gasteiger partial charge in [-0.05, 0) is 55.7 Å². The van der Waals surface area contributed by atoms with Gasteiger partial charge in [0, 0.05) is 11.1 Å². The van der Waals surface area contributed by atoms with Crippen LogP contribution in [0.1, 0.15) is 35.2 Å². The fraction of sp³-hybridized carbons (Fsp3) is 0.240. The Labute approximate surface area is 201 Å². The largest absolute Gasteiger partial charge is 0.454 e. The molecule has 0 aliphatic carbocycles. The molecule has 1 amide bonds. The van der Waals surface area contributed by atoms with Crippen molar-refractivity contribution in [1.29, 1.82) is 0 Å². The van der Waals surface area contributed by atoms with Crippen LogP contribution < -0.4 is 14.4 Å². The lowest BCUT2D eigenvalue weighted by Crippen LogP contribution is -2.30. The molecule has 0 radical (unpaired) electrons. The first-order chi connectivity index (χ1) is 16.1. The number of hydrogen-bond acceptors (Lipinski definition) is 7. The highest BCUT2D eigenvalue weighted by Gasteiger charge is 2.32. The third-order valence-electron chi connectivity index (χ3n) is 5.23. The van der Waals surface area contributed by atoms with E-state index in [4.69, 9.17) is 19.5 Å². The van der Waals surface area contributed by atoms with Crippen molar-refractivity contribution in [2.45, 2.75) is 32.4 Å². The lowest BCUT2D eigenvalue weighted by molar-refractivity contribution is -0.113. The summed E-state index contributed by atoms with van der Waals surface area (Å²) in [6, 6.07) is 13.5. The summed E-state index contributed by atoms with van der Waals surface area (Å²) < 4.78 is 10.9. The van der Waals surface area contributed by atoms with Gasteiger partial charge in [0.2, 0.25) is 6.79 Å². The average molecular weight is 478 g/mol. The number of rotatable bonds is 6. The Kier molecular flexibility index (Phi) is 6.20. The number of carbonyl (C=O) groups excluding carboxylic acids is 1. The molecule has 33 heavy (non-hydrogen) atoms. The summed E-state index contributed by atoms with van der Waals surface area (Å²) in [5, 5.41) is 3.90. The molecule has 0 saturated heterocycles. The Morgan fingerprint density at radius 3 is 2.79 bits per heavy atom. The predicted molar refractivity (Wildman–Crippen MR) is 134 cm³/mol. The molecule has 2 aliphatic rings. The molecule has 0 unspecified atom stereocenters. The lowest BCUT2D eigenvalue weighted by Gasteiger charge is -2.17. The molecule has 0 bridgehead atoms. The molecule has 0 N–H and O–H groups in total. The Hall–Kier alpha value is -3.10. The molecule has 3 aromatic rings. The number of aryl methyl sites for hydroxylation is 2. The van der Waals surface area contributed by atoms with Gasteiger partial charge in [0.05, 0.1) is 16.4 Å². The van der Waals surface area contributed by atoms with Crippen LogP contribution in [0.15, 0.2) is 58.5 Å². The van der Waals surface area contributed by atoms with Gasteiger partial charge >= 0.3 is 0 Å². The molecular formula is C25H23N3O3S2. The lowest BCUT2D eigenvalue weighted by atomic mass is 10.1. The zero-order valence-corrected chi connectivity index (χ0v) is 20.0. The standard InChI is InChI=1S/C25H23N3O3S2/c1-3-4-23-26-18(13-32-23)14-33-25-27-20(11-17-7-10-21-22(12-17)31-15-30-21)24(29)28(25)19-8-5-16(2)6-9-19/h5-13H,3-4,14-15H2,1-2H3/b20-11-. The maximum atomic E-state index is 13.4. The van der Waals surface area contributed by atoms with E-state index in [1.807, 2.05) is 49.4 Å². The molecule has 168 valence electrons. The second-order valence-electron chi connectivity index (χ2n) is 7.78. The molecule has 0 spiro atoms. The van der Waals surface area contributed by atoms with Gasteiger partial charge in [0.1, 0.15) is 5.70 Å². The summed E-state index contributed by atoms with van der Waals surface area (Å²) in [6.45, 7) is 4.40. The van der Waals surface area contributed by atoms with Crippen molar-refractivity contribution in [3.05, 3.63) is 75.4 Å². The minimum Gasteiger partial charge on any atom is -0.454 e. The fourth-order valence-electron chi connectivity index (χ4n) is 3.56. The first-order valence-electron chi connectivity index (χ1n) is 10.8. The highest BCUT2D eigenvalue weighted by molar-refractivity contribution is 8.13. The molecule has 0 saturated carbocycles. The van der Waals surface area contributed by atoms with Gasteiger partial charge in [-0.2, -0.15) is 0 Å². The molecule has 0 atom stereocenters. The number of aromatic nitrogens is 1. The molecular weight excluding hydrogens is 454 g/mol. The van der Waals surface area contributed by atoms with Gasteiger partial charge in [0.15, 0.2) is 16.7 Å². The second kappa shape index (κ2) is 9.41. The number of benzene rings is 2. The number of fused-ring (bicyclic) bond motifs is 1. The van der Waals surface area contributed by atoms with Crippen LogP contribution in [-0.4, -0.2) is 22.9 Å². The van der Waals surface area contributed by atoms with Gasteiger partial charge in [-0.15, -0.1) is 11.3 Å². The zero-order chi connectivity index (χ0) is 22.8. The number of anilines is 1. The van der Waals surface area contributed by atoms with Crippen molar-refractivity contribution >= 4 is 45.9 Å². The number of thioether (sulfide) groups is 1. The molecule has 2 aromatic carbocycles. The first kappa shape index (κ1) is 21.7. The molecule has 0 fully saturated rings. The van der Waals surface area contributed by atoms with Gasteiger partial charge in [-0.25, -0.2) is 9.98 Å². The van der Waals surface area contributed by atoms with Gasteiger partial charge in [0.25, 0.3) is 5.91 Å². The second-order valence-corrected chi connectivity index (χ2v) is 9.67. The number of ether oxygens (including phenoxy) is 2. The maximum absolute atomic E-state index is 13.4. The number of thiazole rings is 1. The Morgan fingerprint density at radius 2 is 1.97 bits per heavy atom. The zero-order valence-electron chi connectivity index (χ0n) is 18.4. The molecule has 2 aliphatic heterocycles. The van der Waals surface area contributed by atoms with E-state index in [1.54, 1.807) is 22.3 Å². The van der Waals surface area contributed by atoms with Crippen LogP contribution in [0.3, 0.4) is 0 Å². The molecule has 1 aromatic heterocycles. The molecule has 3 heterocycles. The Balaban J connectivity index is 1.43. The van der Waals surface area contributed by atoms with Crippen LogP contribution >= 0.6 is 23.1 Å². The summed E-state index contributed by atoms with van der Waals surface area (Å²) in [5.74, 6) is 1.90. The van der Waals surface area contributed by atoms with Gasteiger partial charge < -0.3 is 9.47 Å². The molecule has 6 nitrogen and oxygen atoms in total. The average Bonchev–Trinajstić information content (AvgIpc) is 3.53. The van der Waals surface area contributed by atoms with Crippen molar-refractivity contribution in [2.24, 2.45) is 4.99 Å². The SMILES string of the molecule is CCCc1nc(CSC2=N/C(=C\c3ccc4c(c3)OCO4)C(=O)N2c2ccc(C)cc2)cs1. The van der Waals surface area contributed by atoms with E-state index in [0.717, 1.165) is 40.4 Å². The summed E-state index contributed by atoms with van der Waals surface area (Å²) in [7, 11) is 0. The van der Waals surface area contributed by atoms with Crippen LogP contribution in [0.25, 0.3) is 6.08 Å². The third kappa shape index (κ3) is 4.67. The highest BCUT2D eigenvalue weighted by Crippen LogP contribution is 2.35. The molecule has 8 heteroatoms. The van der Waals surface area contributed by atoms with Crippen molar-refractivity contribution < 1.29 is 14.3 Å².